The number of aromatic hydroxyl groups is 2. The number of carbonyl (C=O) groups is 2. The van der Waals surface area contributed by atoms with Crippen molar-refractivity contribution in [2.45, 2.75) is 26.2 Å². The van der Waals surface area contributed by atoms with Crippen molar-refractivity contribution < 1.29 is 19.8 Å². The second kappa shape index (κ2) is 4.44. The Morgan fingerprint density at radius 3 is 2.09 bits per heavy atom. The normalized spacial score (nSPS) is 13.8. The lowest BCUT2D eigenvalue weighted by atomic mass is 9.78. The largest absolute Gasteiger partial charge is 0.507 e. The van der Waals surface area contributed by atoms with E-state index in [1.165, 1.54) is 24.3 Å². The van der Waals surface area contributed by atoms with Gasteiger partial charge in [0.05, 0.1) is 11.1 Å². The van der Waals surface area contributed by atoms with Crippen LogP contribution in [0.2, 0.25) is 0 Å². The lowest BCUT2D eigenvalue weighted by Crippen LogP contribution is -2.23. The molecule has 2 aromatic carbocycles. The van der Waals surface area contributed by atoms with Gasteiger partial charge in [0.25, 0.3) is 0 Å². The van der Waals surface area contributed by atoms with Crippen molar-refractivity contribution >= 4 is 11.6 Å². The average Bonchev–Trinajstić information content (AvgIpc) is 2.42. The quantitative estimate of drug-likeness (QED) is 0.668. The summed E-state index contributed by atoms with van der Waals surface area (Å²) in [5, 5.41) is 20.1. The van der Waals surface area contributed by atoms with Gasteiger partial charge in [0.2, 0.25) is 5.78 Å². The van der Waals surface area contributed by atoms with Crippen LogP contribution in [0.3, 0.4) is 0 Å². The predicted molar refractivity (Wildman–Crippen MR) is 81.8 cm³/mol. The van der Waals surface area contributed by atoms with Crippen LogP contribution in [0, 0.1) is 0 Å². The van der Waals surface area contributed by atoms with Crippen molar-refractivity contribution in [3.8, 4) is 11.5 Å². The molecule has 0 fully saturated rings. The fourth-order valence-corrected chi connectivity index (χ4v) is 2.72. The summed E-state index contributed by atoms with van der Waals surface area (Å²) in [7, 11) is 0. The molecule has 2 aromatic rings. The van der Waals surface area contributed by atoms with Gasteiger partial charge in [0.1, 0.15) is 11.5 Å². The SMILES string of the molecule is CC(C)(C)c1cc(O)c2c(c1)C(=O)c1cccc(O)c1C2=O. The van der Waals surface area contributed by atoms with Crippen molar-refractivity contribution in [3.63, 3.8) is 0 Å². The lowest BCUT2D eigenvalue weighted by molar-refractivity contribution is 0.0974. The van der Waals surface area contributed by atoms with Crippen LogP contribution in [0.1, 0.15) is 58.2 Å². The molecular formula is C18H16O4. The van der Waals surface area contributed by atoms with Gasteiger partial charge in [0.15, 0.2) is 5.78 Å². The van der Waals surface area contributed by atoms with Crippen LogP contribution in [0.4, 0.5) is 0 Å². The van der Waals surface area contributed by atoms with Gasteiger partial charge in [-0.1, -0.05) is 32.9 Å². The van der Waals surface area contributed by atoms with E-state index in [2.05, 4.69) is 0 Å². The first-order valence-corrected chi connectivity index (χ1v) is 7.00. The Kier molecular flexibility index (Phi) is 2.89. The molecule has 1 aliphatic rings. The standard InChI is InChI=1S/C18H16O4/c1-18(2,3)9-7-11-15(13(20)8-9)17(22)14-10(16(11)21)5-4-6-12(14)19/h4-8,19-20H,1-3H3. The van der Waals surface area contributed by atoms with E-state index in [0.717, 1.165) is 5.56 Å². The summed E-state index contributed by atoms with van der Waals surface area (Å²) in [5.74, 6) is -1.36. The first-order valence-electron chi connectivity index (χ1n) is 7.00. The van der Waals surface area contributed by atoms with Crippen molar-refractivity contribution in [1.29, 1.82) is 0 Å². The minimum absolute atomic E-state index is 0.0352. The Labute approximate surface area is 128 Å². The minimum atomic E-state index is -0.527. The molecule has 4 nitrogen and oxygen atoms in total. The highest BCUT2D eigenvalue weighted by Crippen LogP contribution is 2.39. The number of carbonyl (C=O) groups excluding carboxylic acids is 2. The summed E-state index contributed by atoms with van der Waals surface area (Å²) >= 11 is 0. The number of ketones is 2. The Morgan fingerprint density at radius 1 is 0.818 bits per heavy atom. The fraction of sp³-hybridized carbons (Fsp3) is 0.222. The third-order valence-corrected chi connectivity index (χ3v) is 3.97. The number of fused-ring (bicyclic) bond motifs is 2. The van der Waals surface area contributed by atoms with Gasteiger partial charge in [-0.05, 0) is 29.2 Å². The van der Waals surface area contributed by atoms with E-state index < -0.39 is 5.78 Å². The molecule has 0 aliphatic heterocycles. The molecule has 4 heteroatoms. The zero-order valence-electron chi connectivity index (χ0n) is 12.6. The molecule has 0 saturated carbocycles. The van der Waals surface area contributed by atoms with E-state index >= 15 is 0 Å². The molecule has 0 radical (unpaired) electrons. The van der Waals surface area contributed by atoms with E-state index in [1.54, 1.807) is 6.07 Å². The maximum Gasteiger partial charge on any atom is 0.201 e. The van der Waals surface area contributed by atoms with E-state index in [-0.39, 0.29) is 45.0 Å². The summed E-state index contributed by atoms with van der Waals surface area (Å²) in [4.78, 5) is 25.2. The van der Waals surface area contributed by atoms with E-state index in [9.17, 15) is 19.8 Å². The van der Waals surface area contributed by atoms with E-state index in [0.29, 0.717) is 0 Å². The summed E-state index contributed by atoms with van der Waals surface area (Å²) in [6.07, 6.45) is 0. The molecule has 112 valence electrons. The van der Waals surface area contributed by atoms with Gasteiger partial charge in [-0.2, -0.15) is 0 Å². The summed E-state index contributed by atoms with van der Waals surface area (Å²) < 4.78 is 0. The van der Waals surface area contributed by atoms with E-state index in [4.69, 9.17) is 0 Å². The van der Waals surface area contributed by atoms with Gasteiger partial charge in [0, 0.05) is 11.1 Å². The number of hydrogen-bond acceptors (Lipinski definition) is 4. The molecule has 2 N–H and O–H groups in total. The van der Waals surface area contributed by atoms with Gasteiger partial charge in [-0.25, -0.2) is 0 Å². The second-order valence-corrected chi connectivity index (χ2v) is 6.53. The number of phenolic OH excluding ortho intramolecular Hbond substituents is 2. The van der Waals surface area contributed by atoms with Crippen molar-refractivity contribution in [2.75, 3.05) is 0 Å². The number of benzene rings is 2. The van der Waals surface area contributed by atoms with Gasteiger partial charge in [-0.3, -0.25) is 9.59 Å². The van der Waals surface area contributed by atoms with Crippen LogP contribution in [0.25, 0.3) is 0 Å². The van der Waals surface area contributed by atoms with E-state index in [1.807, 2.05) is 20.8 Å². The zero-order valence-corrected chi connectivity index (χ0v) is 12.6. The lowest BCUT2D eigenvalue weighted by Gasteiger charge is -2.24. The van der Waals surface area contributed by atoms with Crippen molar-refractivity contribution in [1.82, 2.24) is 0 Å². The molecule has 1 aliphatic carbocycles. The molecule has 0 saturated heterocycles. The molecule has 0 bridgehead atoms. The first kappa shape index (κ1) is 14.3. The minimum Gasteiger partial charge on any atom is -0.507 e. The van der Waals surface area contributed by atoms with Gasteiger partial charge >= 0.3 is 0 Å². The summed E-state index contributed by atoms with van der Waals surface area (Å²) in [5.41, 5.74) is 0.782. The topological polar surface area (TPSA) is 74.6 Å². The second-order valence-electron chi connectivity index (χ2n) is 6.53. The Bertz CT molecular complexity index is 826. The molecule has 0 aromatic heterocycles. The van der Waals surface area contributed by atoms with Crippen LogP contribution < -0.4 is 0 Å². The monoisotopic (exact) mass is 296 g/mol. The third-order valence-electron chi connectivity index (χ3n) is 3.97. The summed E-state index contributed by atoms with van der Waals surface area (Å²) in [6.45, 7) is 5.88. The highest BCUT2D eigenvalue weighted by molar-refractivity contribution is 6.30. The van der Waals surface area contributed by atoms with Crippen molar-refractivity contribution in [2.24, 2.45) is 0 Å². The highest BCUT2D eigenvalue weighted by Gasteiger charge is 2.35. The Balaban J connectivity index is 2.33. The molecule has 0 spiro atoms. The number of phenols is 2. The maximum absolute atomic E-state index is 12.7. The smallest absolute Gasteiger partial charge is 0.201 e. The summed E-state index contributed by atoms with van der Waals surface area (Å²) in [6, 6.07) is 7.56. The van der Waals surface area contributed by atoms with Crippen LogP contribution in [0.5, 0.6) is 11.5 Å². The predicted octanol–water partition coefficient (Wildman–Crippen LogP) is 3.17. The van der Waals surface area contributed by atoms with Crippen molar-refractivity contribution in [3.05, 3.63) is 58.1 Å². The maximum atomic E-state index is 12.7. The molecule has 22 heavy (non-hydrogen) atoms. The molecule has 0 atom stereocenters. The van der Waals surface area contributed by atoms with Crippen LogP contribution >= 0.6 is 0 Å². The average molecular weight is 296 g/mol. The molecule has 0 amide bonds. The molecular weight excluding hydrogens is 280 g/mol. The molecule has 0 unspecified atom stereocenters. The molecule has 3 rings (SSSR count). The van der Waals surface area contributed by atoms with Crippen LogP contribution in [-0.4, -0.2) is 21.8 Å². The highest BCUT2D eigenvalue weighted by atomic mass is 16.3. The Morgan fingerprint density at radius 2 is 1.45 bits per heavy atom. The van der Waals surface area contributed by atoms with Gasteiger partial charge < -0.3 is 10.2 Å². The Hall–Kier alpha value is -2.62. The van der Waals surface area contributed by atoms with Crippen LogP contribution in [0.15, 0.2) is 30.3 Å². The number of rotatable bonds is 0. The van der Waals surface area contributed by atoms with Gasteiger partial charge in [-0.15, -0.1) is 0 Å². The molecule has 0 heterocycles. The third kappa shape index (κ3) is 1.91. The fourth-order valence-electron chi connectivity index (χ4n) is 2.72. The number of hydrogen-bond donors (Lipinski definition) is 2. The van der Waals surface area contributed by atoms with Crippen LogP contribution in [-0.2, 0) is 5.41 Å². The first-order chi connectivity index (χ1) is 10.2. The zero-order chi connectivity index (χ0) is 16.2.